The van der Waals surface area contributed by atoms with E-state index in [-0.39, 0.29) is 5.91 Å². The van der Waals surface area contributed by atoms with Crippen LogP contribution in [0.1, 0.15) is 10.4 Å². The summed E-state index contributed by atoms with van der Waals surface area (Å²) >= 11 is 0. The molecule has 0 spiro atoms. The molecule has 28 heavy (non-hydrogen) atoms. The first kappa shape index (κ1) is 19.1. The third kappa shape index (κ3) is 4.53. The largest absolute Gasteiger partial charge is 0.497 e. The molecule has 0 fully saturated rings. The Kier molecular flexibility index (Phi) is 5.69. The lowest BCUT2D eigenvalue weighted by atomic mass is 10.2. The molecule has 0 unspecified atom stereocenters. The third-order valence-electron chi connectivity index (χ3n) is 3.83. The number of pyridine rings is 1. The zero-order valence-electron chi connectivity index (χ0n) is 15.1. The number of nitrogens with zero attached hydrogens (tertiary/aromatic N) is 1. The summed E-state index contributed by atoms with van der Waals surface area (Å²) in [6.07, 6.45) is 1.46. The summed E-state index contributed by atoms with van der Waals surface area (Å²) in [4.78, 5) is 16.6. The van der Waals surface area contributed by atoms with Crippen LogP contribution in [0.3, 0.4) is 0 Å². The highest BCUT2D eigenvalue weighted by atomic mass is 19.2. The fourth-order valence-electron chi connectivity index (χ4n) is 2.41. The lowest BCUT2D eigenvalue weighted by molar-refractivity contribution is 0.102. The predicted molar refractivity (Wildman–Crippen MR) is 101 cm³/mol. The fourth-order valence-corrected chi connectivity index (χ4v) is 2.41. The molecule has 0 aliphatic rings. The van der Waals surface area contributed by atoms with Gasteiger partial charge in [0.05, 0.1) is 26.1 Å². The molecular formula is C20H17F2N3O3. The molecule has 3 rings (SSSR count). The van der Waals surface area contributed by atoms with E-state index in [2.05, 4.69) is 15.6 Å². The van der Waals surface area contributed by atoms with Gasteiger partial charge in [0.2, 0.25) is 0 Å². The summed E-state index contributed by atoms with van der Waals surface area (Å²) in [6.45, 7) is 0. The number of ether oxygens (including phenoxy) is 2. The molecule has 2 N–H and O–H groups in total. The van der Waals surface area contributed by atoms with Crippen molar-refractivity contribution in [1.82, 2.24) is 4.98 Å². The minimum absolute atomic E-state index is 0.322. The van der Waals surface area contributed by atoms with Gasteiger partial charge in [-0.25, -0.2) is 13.8 Å². The van der Waals surface area contributed by atoms with Crippen LogP contribution >= 0.6 is 0 Å². The van der Waals surface area contributed by atoms with Gasteiger partial charge in [-0.1, -0.05) is 0 Å². The second kappa shape index (κ2) is 8.34. The van der Waals surface area contributed by atoms with Crippen LogP contribution in [-0.4, -0.2) is 25.1 Å². The van der Waals surface area contributed by atoms with Crippen LogP contribution in [0, 0.1) is 11.6 Å². The highest BCUT2D eigenvalue weighted by Gasteiger charge is 2.11. The Balaban J connectivity index is 1.70. The zero-order valence-corrected chi connectivity index (χ0v) is 15.1. The Labute approximate surface area is 160 Å². The minimum Gasteiger partial charge on any atom is -0.497 e. The molecular weight excluding hydrogens is 368 g/mol. The molecule has 2 aromatic carbocycles. The number of hydrogen-bond acceptors (Lipinski definition) is 5. The third-order valence-corrected chi connectivity index (χ3v) is 3.83. The van der Waals surface area contributed by atoms with Crippen LogP contribution < -0.4 is 20.1 Å². The van der Waals surface area contributed by atoms with Crippen LogP contribution in [0.25, 0.3) is 0 Å². The number of aromatic nitrogens is 1. The van der Waals surface area contributed by atoms with Crippen molar-refractivity contribution in [1.29, 1.82) is 0 Å². The number of anilines is 3. The molecule has 0 aliphatic heterocycles. The van der Waals surface area contributed by atoms with Crippen molar-refractivity contribution >= 4 is 23.1 Å². The van der Waals surface area contributed by atoms with E-state index in [9.17, 15) is 13.6 Å². The van der Waals surface area contributed by atoms with Crippen LogP contribution in [0.2, 0.25) is 0 Å². The highest BCUT2D eigenvalue weighted by Crippen LogP contribution is 2.23. The van der Waals surface area contributed by atoms with E-state index >= 15 is 0 Å². The van der Waals surface area contributed by atoms with E-state index in [1.54, 1.807) is 30.3 Å². The molecule has 0 bridgehead atoms. The lowest BCUT2D eigenvalue weighted by Gasteiger charge is -2.10. The molecule has 6 nitrogen and oxygen atoms in total. The van der Waals surface area contributed by atoms with Crippen LogP contribution in [0.4, 0.5) is 26.0 Å². The van der Waals surface area contributed by atoms with Crippen molar-refractivity contribution in [3.05, 3.63) is 71.9 Å². The van der Waals surface area contributed by atoms with E-state index in [1.165, 1.54) is 26.5 Å². The van der Waals surface area contributed by atoms with Gasteiger partial charge in [-0.3, -0.25) is 4.79 Å². The molecule has 0 atom stereocenters. The summed E-state index contributed by atoms with van der Waals surface area (Å²) < 4.78 is 36.5. The highest BCUT2D eigenvalue weighted by molar-refractivity contribution is 6.04. The SMILES string of the molecule is COc1cc(OC)cc(C(=O)Nc2ccc(Nc3ccc(F)c(F)c3)cn2)c1. The van der Waals surface area contributed by atoms with Crippen molar-refractivity contribution in [2.45, 2.75) is 0 Å². The lowest BCUT2D eigenvalue weighted by Crippen LogP contribution is -2.13. The summed E-state index contributed by atoms with van der Waals surface area (Å²) in [5.41, 5.74) is 1.27. The Hall–Kier alpha value is -3.68. The van der Waals surface area contributed by atoms with E-state index < -0.39 is 11.6 Å². The van der Waals surface area contributed by atoms with Crippen LogP contribution in [0.15, 0.2) is 54.7 Å². The summed E-state index contributed by atoms with van der Waals surface area (Å²) in [5, 5.41) is 5.57. The van der Waals surface area contributed by atoms with Gasteiger partial charge in [-0.05, 0) is 36.4 Å². The number of nitrogens with one attached hydrogen (secondary N) is 2. The maximum atomic E-state index is 13.3. The first-order valence-electron chi connectivity index (χ1n) is 8.21. The molecule has 0 saturated carbocycles. The van der Waals surface area contributed by atoms with Crippen molar-refractivity contribution in [3.63, 3.8) is 0 Å². The molecule has 0 saturated heterocycles. The number of hydrogen-bond donors (Lipinski definition) is 2. The first-order valence-corrected chi connectivity index (χ1v) is 8.21. The van der Waals surface area contributed by atoms with Crippen LogP contribution in [0.5, 0.6) is 11.5 Å². The molecule has 0 aliphatic carbocycles. The molecule has 1 aromatic heterocycles. The Morgan fingerprint density at radius 2 is 1.57 bits per heavy atom. The Morgan fingerprint density at radius 1 is 0.893 bits per heavy atom. The number of benzene rings is 2. The summed E-state index contributed by atoms with van der Waals surface area (Å²) in [6, 6.07) is 11.5. The standard InChI is InChI=1S/C20H17F2N3O3/c1-27-15-7-12(8-16(10-15)28-2)20(26)25-19-6-4-14(11-23-19)24-13-3-5-17(21)18(22)9-13/h3-11,24H,1-2H3,(H,23,25,26). The maximum Gasteiger partial charge on any atom is 0.257 e. The van der Waals surface area contributed by atoms with Gasteiger partial charge in [0, 0.05) is 23.4 Å². The van der Waals surface area contributed by atoms with Gasteiger partial charge in [-0.2, -0.15) is 0 Å². The number of rotatable bonds is 6. The fraction of sp³-hybridized carbons (Fsp3) is 0.100. The van der Waals surface area contributed by atoms with Gasteiger partial charge < -0.3 is 20.1 Å². The van der Waals surface area contributed by atoms with E-state index in [0.717, 1.165) is 12.1 Å². The summed E-state index contributed by atoms with van der Waals surface area (Å²) in [5.74, 6) is -0.952. The topological polar surface area (TPSA) is 72.5 Å². The molecule has 8 heteroatoms. The van der Waals surface area contributed by atoms with E-state index in [4.69, 9.17) is 9.47 Å². The van der Waals surface area contributed by atoms with Crippen molar-refractivity contribution in [3.8, 4) is 11.5 Å². The second-order valence-electron chi connectivity index (χ2n) is 5.74. The van der Waals surface area contributed by atoms with Gasteiger partial charge in [0.1, 0.15) is 17.3 Å². The molecule has 1 amide bonds. The average molecular weight is 385 g/mol. The monoisotopic (exact) mass is 385 g/mol. The van der Waals surface area contributed by atoms with E-state index in [0.29, 0.717) is 34.3 Å². The molecule has 144 valence electrons. The molecule has 0 radical (unpaired) electrons. The minimum atomic E-state index is -0.949. The smallest absolute Gasteiger partial charge is 0.257 e. The van der Waals surface area contributed by atoms with Crippen molar-refractivity contribution < 1.29 is 23.0 Å². The van der Waals surface area contributed by atoms with Crippen molar-refractivity contribution in [2.75, 3.05) is 24.9 Å². The van der Waals surface area contributed by atoms with Gasteiger partial charge in [0.15, 0.2) is 11.6 Å². The number of amides is 1. The number of halogens is 2. The summed E-state index contributed by atoms with van der Waals surface area (Å²) in [7, 11) is 2.99. The average Bonchev–Trinajstić information content (AvgIpc) is 2.71. The normalized spacial score (nSPS) is 10.3. The first-order chi connectivity index (χ1) is 13.5. The van der Waals surface area contributed by atoms with E-state index in [1.807, 2.05) is 0 Å². The van der Waals surface area contributed by atoms with Crippen LogP contribution in [-0.2, 0) is 0 Å². The number of carbonyl (C=O) groups is 1. The molecule has 3 aromatic rings. The maximum absolute atomic E-state index is 13.3. The van der Waals surface area contributed by atoms with Gasteiger partial charge in [0.25, 0.3) is 5.91 Å². The Morgan fingerprint density at radius 3 is 2.14 bits per heavy atom. The predicted octanol–water partition coefficient (Wildman–Crippen LogP) is 4.37. The number of carbonyl (C=O) groups excluding carboxylic acids is 1. The number of methoxy groups -OCH3 is 2. The Bertz CT molecular complexity index is 972. The quantitative estimate of drug-likeness (QED) is 0.659. The van der Waals surface area contributed by atoms with Gasteiger partial charge in [-0.15, -0.1) is 0 Å². The second-order valence-corrected chi connectivity index (χ2v) is 5.74. The molecule has 1 heterocycles. The van der Waals surface area contributed by atoms with Gasteiger partial charge >= 0.3 is 0 Å². The van der Waals surface area contributed by atoms with Crippen molar-refractivity contribution in [2.24, 2.45) is 0 Å². The zero-order chi connectivity index (χ0) is 20.1.